The van der Waals surface area contributed by atoms with Crippen molar-refractivity contribution >= 4 is 6.03 Å². The zero-order chi connectivity index (χ0) is 19.1. The molecule has 0 aliphatic heterocycles. The highest BCUT2D eigenvalue weighted by molar-refractivity contribution is 5.74. The van der Waals surface area contributed by atoms with Gasteiger partial charge in [0.05, 0.1) is 0 Å². The Morgan fingerprint density at radius 2 is 2.04 bits per heavy atom. The first-order valence-corrected chi connectivity index (χ1v) is 9.31. The van der Waals surface area contributed by atoms with Gasteiger partial charge in [0, 0.05) is 26.1 Å². The van der Waals surface area contributed by atoms with E-state index in [1.165, 1.54) is 43.5 Å². The third-order valence-electron chi connectivity index (χ3n) is 4.64. The highest BCUT2D eigenvalue weighted by Crippen LogP contribution is 2.17. The zero-order valence-electron chi connectivity index (χ0n) is 15.5. The highest BCUT2D eigenvalue weighted by atomic mass is 19.1. The molecule has 2 amide bonds. The van der Waals surface area contributed by atoms with Crippen LogP contribution in [0.2, 0.25) is 0 Å². The lowest BCUT2D eigenvalue weighted by Gasteiger charge is -2.26. The van der Waals surface area contributed by atoms with E-state index in [1.54, 1.807) is 11.9 Å². The Kier molecular flexibility index (Phi) is 6.62. The maximum Gasteiger partial charge on any atom is 0.317 e. The van der Waals surface area contributed by atoms with Crippen LogP contribution in [0.25, 0.3) is 0 Å². The van der Waals surface area contributed by atoms with Gasteiger partial charge in [0.1, 0.15) is 11.6 Å². The van der Waals surface area contributed by atoms with Crippen LogP contribution in [0.1, 0.15) is 43.8 Å². The number of carbonyl (C=O) groups excluding carboxylic acids is 1. The van der Waals surface area contributed by atoms with Crippen molar-refractivity contribution in [1.82, 2.24) is 20.4 Å². The highest BCUT2D eigenvalue weighted by Gasteiger charge is 2.18. The monoisotopic (exact) mass is 376 g/mol. The molecule has 0 radical (unpaired) electrons. The van der Waals surface area contributed by atoms with Gasteiger partial charge in [-0.25, -0.2) is 9.18 Å². The summed E-state index contributed by atoms with van der Waals surface area (Å²) >= 11 is 0. The van der Waals surface area contributed by atoms with E-state index in [2.05, 4.69) is 15.5 Å². The minimum Gasteiger partial charge on any atom is -0.484 e. The van der Waals surface area contributed by atoms with Crippen molar-refractivity contribution in [3.05, 3.63) is 41.8 Å². The average Bonchev–Trinajstić information content (AvgIpc) is 3.14. The van der Waals surface area contributed by atoms with E-state index in [0.29, 0.717) is 30.4 Å². The smallest absolute Gasteiger partial charge is 0.317 e. The molecule has 146 valence electrons. The largest absolute Gasteiger partial charge is 0.484 e. The molecule has 2 aromatic rings. The van der Waals surface area contributed by atoms with Crippen LogP contribution >= 0.6 is 0 Å². The van der Waals surface area contributed by atoms with Crippen LogP contribution in [0.15, 0.2) is 28.8 Å². The van der Waals surface area contributed by atoms with E-state index in [1.807, 2.05) is 0 Å². The van der Waals surface area contributed by atoms with Crippen LogP contribution in [-0.2, 0) is 13.0 Å². The number of likely N-dealkylation sites (N-methyl/N-ethyl adjacent to an activating group) is 1. The number of rotatable bonds is 7. The van der Waals surface area contributed by atoms with E-state index >= 15 is 0 Å². The number of benzene rings is 1. The first-order chi connectivity index (χ1) is 13.1. The molecular formula is C19H25FN4O3. The van der Waals surface area contributed by atoms with E-state index in [0.717, 1.165) is 12.8 Å². The van der Waals surface area contributed by atoms with Gasteiger partial charge in [-0.1, -0.05) is 24.4 Å². The van der Waals surface area contributed by atoms with Crippen molar-refractivity contribution in [1.29, 1.82) is 0 Å². The number of carbonyl (C=O) groups is 1. The van der Waals surface area contributed by atoms with Crippen LogP contribution in [0.4, 0.5) is 9.18 Å². The van der Waals surface area contributed by atoms with Gasteiger partial charge in [-0.3, -0.25) is 0 Å². The second-order valence-corrected chi connectivity index (χ2v) is 6.80. The predicted molar refractivity (Wildman–Crippen MR) is 96.8 cm³/mol. The third-order valence-corrected chi connectivity index (χ3v) is 4.64. The average molecular weight is 376 g/mol. The maximum absolute atomic E-state index is 12.9. The van der Waals surface area contributed by atoms with Gasteiger partial charge >= 0.3 is 6.03 Å². The van der Waals surface area contributed by atoms with E-state index in [4.69, 9.17) is 9.26 Å². The minimum absolute atomic E-state index is 0.0646. The molecule has 1 aromatic heterocycles. The van der Waals surface area contributed by atoms with Crippen LogP contribution in [0.3, 0.4) is 0 Å². The van der Waals surface area contributed by atoms with Gasteiger partial charge in [-0.2, -0.15) is 4.98 Å². The number of aromatic nitrogens is 2. The number of ether oxygens (including phenoxy) is 1. The van der Waals surface area contributed by atoms with Crippen LogP contribution < -0.4 is 10.1 Å². The summed E-state index contributed by atoms with van der Waals surface area (Å²) in [5.41, 5.74) is 0. The van der Waals surface area contributed by atoms with Gasteiger partial charge in [0.15, 0.2) is 12.4 Å². The van der Waals surface area contributed by atoms with Crippen molar-refractivity contribution in [2.24, 2.45) is 0 Å². The molecule has 0 spiro atoms. The topological polar surface area (TPSA) is 80.5 Å². The number of urea groups is 1. The summed E-state index contributed by atoms with van der Waals surface area (Å²) in [6, 6.07) is 5.93. The molecule has 1 fully saturated rings. The lowest BCUT2D eigenvalue weighted by Crippen LogP contribution is -2.44. The molecule has 8 heteroatoms. The van der Waals surface area contributed by atoms with Crippen LogP contribution in [0, 0.1) is 5.82 Å². The second kappa shape index (κ2) is 9.34. The normalized spacial score (nSPS) is 14.7. The molecule has 1 aliphatic rings. The van der Waals surface area contributed by atoms with Gasteiger partial charge in [0.2, 0.25) is 0 Å². The molecule has 0 bridgehead atoms. The molecule has 1 N–H and O–H groups in total. The maximum atomic E-state index is 12.9. The second-order valence-electron chi connectivity index (χ2n) is 6.80. The Balaban J connectivity index is 1.40. The van der Waals surface area contributed by atoms with Gasteiger partial charge in [0.25, 0.3) is 5.89 Å². The molecule has 0 saturated heterocycles. The summed E-state index contributed by atoms with van der Waals surface area (Å²) in [6.07, 6.45) is 6.23. The Bertz CT molecular complexity index is 729. The van der Waals surface area contributed by atoms with Gasteiger partial charge in [-0.05, 0) is 37.1 Å². The van der Waals surface area contributed by atoms with Gasteiger partial charge < -0.3 is 19.5 Å². The van der Waals surface area contributed by atoms with E-state index in [-0.39, 0.29) is 24.5 Å². The molecule has 1 heterocycles. The lowest BCUT2D eigenvalue weighted by atomic mass is 9.96. The number of amides is 2. The molecule has 7 nitrogen and oxygen atoms in total. The SMILES string of the molecule is CN(CCc1noc(COc2ccc(F)cc2)n1)C(=O)NC1CCCCC1. The van der Waals surface area contributed by atoms with Crippen molar-refractivity contribution in [2.45, 2.75) is 51.2 Å². The number of nitrogens with one attached hydrogen (secondary N) is 1. The first kappa shape index (κ1) is 19.1. The Morgan fingerprint density at radius 3 is 2.78 bits per heavy atom. The van der Waals surface area contributed by atoms with E-state index in [9.17, 15) is 9.18 Å². The van der Waals surface area contributed by atoms with Crippen LogP contribution in [-0.4, -0.2) is 40.7 Å². The van der Waals surface area contributed by atoms with Crippen molar-refractivity contribution < 1.29 is 18.4 Å². The standard InChI is InChI=1S/C19H25FN4O3/c1-24(19(25)21-15-5-3-2-4-6-15)12-11-17-22-18(27-23-17)13-26-16-9-7-14(20)8-10-16/h7-10,15H,2-6,11-13H2,1H3,(H,21,25). The Hall–Kier alpha value is -2.64. The number of hydrogen-bond donors (Lipinski definition) is 1. The van der Waals surface area contributed by atoms with Crippen molar-refractivity contribution in [2.75, 3.05) is 13.6 Å². The van der Waals surface area contributed by atoms with Crippen molar-refractivity contribution in [3.8, 4) is 5.75 Å². The summed E-state index contributed by atoms with van der Waals surface area (Å²) in [5.74, 6) is 1.06. The first-order valence-electron chi connectivity index (χ1n) is 9.31. The summed E-state index contributed by atoms with van der Waals surface area (Å²) in [7, 11) is 1.76. The Labute approximate surface area is 157 Å². The van der Waals surface area contributed by atoms with Gasteiger partial charge in [-0.15, -0.1) is 0 Å². The summed E-state index contributed by atoms with van der Waals surface area (Å²) in [5, 5.41) is 6.98. The summed E-state index contributed by atoms with van der Waals surface area (Å²) in [6.45, 7) is 0.604. The van der Waals surface area contributed by atoms with Crippen LogP contribution in [0.5, 0.6) is 5.75 Å². The summed E-state index contributed by atoms with van der Waals surface area (Å²) in [4.78, 5) is 18.1. The fourth-order valence-electron chi connectivity index (χ4n) is 3.03. The molecule has 1 saturated carbocycles. The molecule has 27 heavy (non-hydrogen) atoms. The molecule has 1 aliphatic carbocycles. The molecule has 0 atom stereocenters. The third kappa shape index (κ3) is 5.94. The molecular weight excluding hydrogens is 351 g/mol. The molecule has 1 aromatic carbocycles. The number of halogens is 1. The minimum atomic E-state index is -0.320. The number of hydrogen-bond acceptors (Lipinski definition) is 5. The fraction of sp³-hybridized carbons (Fsp3) is 0.526. The summed E-state index contributed by atoms with van der Waals surface area (Å²) < 4.78 is 23.5. The zero-order valence-corrected chi connectivity index (χ0v) is 15.5. The lowest BCUT2D eigenvalue weighted by molar-refractivity contribution is 0.200. The number of nitrogens with zero attached hydrogens (tertiary/aromatic N) is 3. The molecule has 3 rings (SSSR count). The quantitative estimate of drug-likeness (QED) is 0.802. The fourth-order valence-corrected chi connectivity index (χ4v) is 3.03. The Morgan fingerprint density at radius 1 is 1.30 bits per heavy atom. The van der Waals surface area contributed by atoms with E-state index < -0.39 is 0 Å². The molecule has 0 unspecified atom stereocenters. The predicted octanol–water partition coefficient (Wildman–Crippen LogP) is 3.30. The van der Waals surface area contributed by atoms with Crippen molar-refractivity contribution in [3.63, 3.8) is 0 Å².